The second-order valence-electron chi connectivity index (χ2n) is 5.76. The van der Waals surface area contributed by atoms with Crippen molar-refractivity contribution in [2.24, 2.45) is 4.99 Å². The Balaban J connectivity index is 0.00000225. The average molecular weight is 472 g/mol. The molecular formula is C18H25IN4OS. The van der Waals surface area contributed by atoms with Gasteiger partial charge in [0.25, 0.3) is 0 Å². The Bertz CT molecular complexity index is 677. The molecule has 2 aromatic rings. The summed E-state index contributed by atoms with van der Waals surface area (Å²) < 4.78 is 5.59. The number of hydrogen-bond acceptors (Lipinski definition) is 4. The Hall–Kier alpha value is -1.22. The summed E-state index contributed by atoms with van der Waals surface area (Å²) >= 11 is 2.06. The molecule has 1 fully saturated rings. The minimum absolute atomic E-state index is 0. The number of guanidine groups is 1. The Morgan fingerprint density at radius 2 is 2.20 bits per heavy atom. The Morgan fingerprint density at radius 3 is 2.92 bits per heavy atom. The highest BCUT2D eigenvalue weighted by Crippen LogP contribution is 2.21. The van der Waals surface area contributed by atoms with Crippen molar-refractivity contribution in [1.82, 2.24) is 15.2 Å². The maximum atomic E-state index is 5.59. The average Bonchev–Trinajstić information content (AvgIpc) is 3.12. The molecule has 25 heavy (non-hydrogen) atoms. The summed E-state index contributed by atoms with van der Waals surface area (Å²) in [7, 11) is 1.84. The van der Waals surface area contributed by atoms with Crippen LogP contribution >= 0.6 is 35.7 Å². The zero-order valence-corrected chi connectivity index (χ0v) is 17.8. The number of oxazole rings is 1. The molecule has 1 saturated heterocycles. The number of rotatable bonds is 4. The fraction of sp³-hybridized carbons (Fsp3) is 0.444. The molecule has 0 spiro atoms. The van der Waals surface area contributed by atoms with Gasteiger partial charge in [-0.05, 0) is 18.6 Å². The lowest BCUT2D eigenvalue weighted by Crippen LogP contribution is -2.47. The molecule has 2 heterocycles. The van der Waals surface area contributed by atoms with Gasteiger partial charge in [-0.15, -0.1) is 24.0 Å². The molecule has 0 aliphatic carbocycles. The van der Waals surface area contributed by atoms with E-state index in [0.29, 0.717) is 17.7 Å². The first-order chi connectivity index (χ1) is 11.8. The summed E-state index contributed by atoms with van der Waals surface area (Å²) in [6.45, 7) is 4.95. The van der Waals surface area contributed by atoms with Crippen LogP contribution in [0.5, 0.6) is 0 Å². The number of halogens is 1. The van der Waals surface area contributed by atoms with Crippen LogP contribution in [-0.2, 0) is 6.54 Å². The maximum Gasteiger partial charge on any atom is 0.226 e. The van der Waals surface area contributed by atoms with Crippen LogP contribution in [0.1, 0.15) is 19.0 Å². The number of benzene rings is 1. The van der Waals surface area contributed by atoms with Crippen LogP contribution in [0.3, 0.4) is 0 Å². The Morgan fingerprint density at radius 1 is 1.40 bits per heavy atom. The number of hydrogen-bond donors (Lipinski definition) is 1. The largest absolute Gasteiger partial charge is 0.444 e. The van der Waals surface area contributed by atoms with Gasteiger partial charge in [0.05, 0.1) is 12.2 Å². The van der Waals surface area contributed by atoms with E-state index in [-0.39, 0.29) is 24.0 Å². The lowest BCUT2D eigenvalue weighted by Gasteiger charge is -2.34. The van der Waals surface area contributed by atoms with Crippen LogP contribution in [0, 0.1) is 0 Å². The van der Waals surface area contributed by atoms with E-state index in [2.05, 4.69) is 38.9 Å². The quantitative estimate of drug-likeness (QED) is 0.416. The predicted octanol–water partition coefficient (Wildman–Crippen LogP) is 3.86. The number of aliphatic imine (C=N–C) groups is 1. The molecule has 1 aromatic heterocycles. The monoisotopic (exact) mass is 472 g/mol. The van der Waals surface area contributed by atoms with E-state index in [0.717, 1.165) is 36.1 Å². The van der Waals surface area contributed by atoms with Crippen LogP contribution in [0.4, 0.5) is 0 Å². The fourth-order valence-electron chi connectivity index (χ4n) is 2.76. The molecule has 0 amide bonds. The molecule has 1 atom stereocenters. The lowest BCUT2D eigenvalue weighted by atomic mass is 10.2. The Kier molecular flexibility index (Phi) is 8.08. The highest BCUT2D eigenvalue weighted by Gasteiger charge is 2.21. The summed E-state index contributed by atoms with van der Waals surface area (Å²) in [5, 5.41) is 4.10. The zero-order valence-electron chi connectivity index (χ0n) is 14.6. The van der Waals surface area contributed by atoms with Gasteiger partial charge >= 0.3 is 0 Å². The van der Waals surface area contributed by atoms with Gasteiger partial charge in [-0.25, -0.2) is 4.98 Å². The highest BCUT2D eigenvalue weighted by molar-refractivity contribution is 14.0. The third-order valence-electron chi connectivity index (χ3n) is 4.11. The van der Waals surface area contributed by atoms with Gasteiger partial charge in [0, 0.05) is 36.7 Å². The van der Waals surface area contributed by atoms with Gasteiger partial charge in [0.1, 0.15) is 6.26 Å². The molecule has 0 saturated carbocycles. The topological polar surface area (TPSA) is 53.7 Å². The smallest absolute Gasteiger partial charge is 0.226 e. The van der Waals surface area contributed by atoms with Gasteiger partial charge in [0.15, 0.2) is 5.96 Å². The standard InChI is InChI=1S/C18H24N4OS.HI/c1-3-16-12-22(9-10-24-16)18(19-2)20-11-15-13-23-17(21-15)14-7-5-4-6-8-14;/h4-8,13,16H,3,9-12H2,1-2H3,(H,19,20);1H. The van der Waals surface area contributed by atoms with Crippen molar-refractivity contribution in [3.63, 3.8) is 0 Å². The van der Waals surface area contributed by atoms with Crippen LogP contribution in [0.2, 0.25) is 0 Å². The first-order valence-electron chi connectivity index (χ1n) is 8.37. The number of nitrogens with zero attached hydrogens (tertiary/aromatic N) is 3. The van der Waals surface area contributed by atoms with Crippen molar-refractivity contribution in [3.8, 4) is 11.5 Å². The molecule has 1 aliphatic heterocycles. The minimum Gasteiger partial charge on any atom is -0.444 e. The molecule has 0 radical (unpaired) electrons. The number of aromatic nitrogens is 1. The summed E-state index contributed by atoms with van der Waals surface area (Å²) in [6, 6.07) is 9.95. The van der Waals surface area contributed by atoms with Crippen LogP contribution < -0.4 is 5.32 Å². The van der Waals surface area contributed by atoms with Gasteiger partial charge in [-0.2, -0.15) is 11.8 Å². The zero-order chi connectivity index (χ0) is 16.8. The van der Waals surface area contributed by atoms with Gasteiger partial charge in [-0.1, -0.05) is 25.1 Å². The molecule has 5 nitrogen and oxygen atoms in total. The summed E-state index contributed by atoms with van der Waals surface area (Å²) in [6.07, 6.45) is 2.91. The van der Waals surface area contributed by atoms with E-state index in [9.17, 15) is 0 Å². The molecule has 1 aromatic carbocycles. The van der Waals surface area contributed by atoms with E-state index in [1.54, 1.807) is 6.26 Å². The van der Waals surface area contributed by atoms with Crippen molar-refractivity contribution in [2.75, 3.05) is 25.9 Å². The van der Waals surface area contributed by atoms with E-state index < -0.39 is 0 Å². The SMILES string of the molecule is CCC1CN(C(=NC)NCc2coc(-c3ccccc3)n2)CCS1.I. The van der Waals surface area contributed by atoms with Crippen LogP contribution in [-0.4, -0.2) is 47.0 Å². The van der Waals surface area contributed by atoms with Crippen LogP contribution in [0.25, 0.3) is 11.5 Å². The first kappa shape index (κ1) is 20.1. The summed E-state index contributed by atoms with van der Waals surface area (Å²) in [5.41, 5.74) is 1.88. The van der Waals surface area contributed by atoms with Crippen molar-refractivity contribution >= 4 is 41.7 Å². The van der Waals surface area contributed by atoms with Gasteiger partial charge in [0.2, 0.25) is 5.89 Å². The molecule has 7 heteroatoms. The van der Waals surface area contributed by atoms with Crippen molar-refractivity contribution in [1.29, 1.82) is 0 Å². The number of thioether (sulfide) groups is 1. The highest BCUT2D eigenvalue weighted by atomic mass is 127. The molecule has 1 unspecified atom stereocenters. The Labute approximate surface area is 170 Å². The van der Waals surface area contributed by atoms with Crippen molar-refractivity contribution in [2.45, 2.75) is 25.1 Å². The molecule has 1 N–H and O–H groups in total. The molecule has 3 rings (SSSR count). The first-order valence-corrected chi connectivity index (χ1v) is 9.42. The van der Waals surface area contributed by atoms with Crippen molar-refractivity contribution in [3.05, 3.63) is 42.3 Å². The van der Waals surface area contributed by atoms with E-state index in [1.165, 1.54) is 6.42 Å². The molecular weight excluding hydrogens is 447 g/mol. The molecule has 1 aliphatic rings. The second kappa shape index (κ2) is 10.1. The summed E-state index contributed by atoms with van der Waals surface area (Å²) in [4.78, 5) is 11.3. The third-order valence-corrected chi connectivity index (χ3v) is 5.48. The third kappa shape index (κ3) is 5.37. The molecule has 136 valence electrons. The van der Waals surface area contributed by atoms with Gasteiger partial charge < -0.3 is 14.6 Å². The second-order valence-corrected chi connectivity index (χ2v) is 7.17. The lowest BCUT2D eigenvalue weighted by molar-refractivity contribution is 0.407. The van der Waals surface area contributed by atoms with Crippen LogP contribution in [0.15, 0.2) is 46.0 Å². The molecule has 0 bridgehead atoms. The predicted molar refractivity (Wildman–Crippen MR) is 116 cm³/mol. The minimum atomic E-state index is 0. The maximum absolute atomic E-state index is 5.59. The van der Waals surface area contributed by atoms with E-state index >= 15 is 0 Å². The van der Waals surface area contributed by atoms with E-state index in [4.69, 9.17) is 4.42 Å². The van der Waals surface area contributed by atoms with Gasteiger partial charge in [-0.3, -0.25) is 4.99 Å². The van der Waals surface area contributed by atoms with Crippen molar-refractivity contribution < 1.29 is 4.42 Å². The summed E-state index contributed by atoms with van der Waals surface area (Å²) in [5.74, 6) is 2.75. The fourth-order valence-corrected chi connectivity index (χ4v) is 3.94. The normalized spacial score (nSPS) is 17.9. The number of nitrogens with one attached hydrogen (secondary N) is 1. The van der Waals surface area contributed by atoms with E-state index in [1.807, 2.05) is 37.4 Å².